The molecule has 4 rings (SSSR count). The van der Waals surface area contributed by atoms with E-state index in [0.29, 0.717) is 17.8 Å². The SMILES string of the molecule is COC(=O)[C@@H](CO)NCc1ccc(C2=CC(C3C(=O)Nc4ccc(F)cc43)OC2(C)C)cc1. The summed E-state index contributed by atoms with van der Waals surface area (Å²) in [4.78, 5) is 24.3. The third-order valence-electron chi connectivity index (χ3n) is 6.11. The Hall–Kier alpha value is -3.07. The number of esters is 1. The second-order valence-electron chi connectivity index (χ2n) is 8.71. The predicted molar refractivity (Wildman–Crippen MR) is 121 cm³/mol. The maximum atomic E-state index is 13.8. The zero-order chi connectivity index (χ0) is 23.8. The summed E-state index contributed by atoms with van der Waals surface area (Å²) >= 11 is 0. The van der Waals surface area contributed by atoms with Gasteiger partial charge in [-0.25, -0.2) is 4.39 Å². The van der Waals surface area contributed by atoms with E-state index < -0.39 is 35.5 Å². The number of methoxy groups -OCH3 is 1. The maximum absolute atomic E-state index is 13.8. The van der Waals surface area contributed by atoms with E-state index in [1.807, 2.05) is 44.2 Å². The molecule has 0 radical (unpaired) electrons. The Morgan fingerprint density at radius 3 is 2.67 bits per heavy atom. The van der Waals surface area contributed by atoms with Crippen molar-refractivity contribution in [3.8, 4) is 0 Å². The molecule has 7 nitrogen and oxygen atoms in total. The number of amides is 1. The molecule has 0 spiro atoms. The summed E-state index contributed by atoms with van der Waals surface area (Å²) in [6.45, 7) is 3.91. The molecule has 3 N–H and O–H groups in total. The van der Waals surface area contributed by atoms with Gasteiger partial charge in [-0.15, -0.1) is 0 Å². The Labute approximate surface area is 191 Å². The Balaban J connectivity index is 1.53. The first-order chi connectivity index (χ1) is 15.7. The topological polar surface area (TPSA) is 96.9 Å². The molecule has 0 aliphatic carbocycles. The molecule has 2 aliphatic heterocycles. The van der Waals surface area contributed by atoms with Gasteiger partial charge in [-0.1, -0.05) is 24.3 Å². The van der Waals surface area contributed by atoms with Gasteiger partial charge in [0, 0.05) is 12.2 Å². The third kappa shape index (κ3) is 4.55. The fourth-order valence-corrected chi connectivity index (χ4v) is 4.40. The summed E-state index contributed by atoms with van der Waals surface area (Å²) in [5.41, 5.74) is 3.37. The van der Waals surface area contributed by atoms with Crippen LogP contribution in [-0.4, -0.2) is 48.4 Å². The molecule has 1 amide bonds. The lowest BCUT2D eigenvalue weighted by Crippen LogP contribution is -2.40. The smallest absolute Gasteiger partial charge is 0.325 e. The van der Waals surface area contributed by atoms with Gasteiger partial charge >= 0.3 is 5.97 Å². The minimum absolute atomic E-state index is 0.209. The van der Waals surface area contributed by atoms with Crippen molar-refractivity contribution in [2.75, 3.05) is 19.0 Å². The van der Waals surface area contributed by atoms with Crippen LogP contribution in [0.25, 0.3) is 5.57 Å². The molecular weight excluding hydrogens is 427 g/mol. The fourth-order valence-electron chi connectivity index (χ4n) is 4.40. The quantitative estimate of drug-likeness (QED) is 0.557. The minimum atomic E-state index is -0.786. The number of aliphatic hydroxyl groups is 1. The fraction of sp³-hybridized carbons (Fsp3) is 0.360. The summed E-state index contributed by atoms with van der Waals surface area (Å²) in [7, 11) is 1.28. The molecule has 2 aromatic carbocycles. The van der Waals surface area contributed by atoms with Crippen molar-refractivity contribution in [3.05, 3.63) is 71.0 Å². The van der Waals surface area contributed by atoms with Crippen LogP contribution in [0.3, 0.4) is 0 Å². The summed E-state index contributed by atoms with van der Waals surface area (Å²) in [5, 5.41) is 15.1. The van der Waals surface area contributed by atoms with Gasteiger partial charge in [0.05, 0.1) is 31.3 Å². The average Bonchev–Trinajstić information content (AvgIpc) is 3.28. The van der Waals surface area contributed by atoms with Gasteiger partial charge in [-0.2, -0.15) is 0 Å². The van der Waals surface area contributed by atoms with Crippen LogP contribution in [0.15, 0.2) is 48.5 Å². The van der Waals surface area contributed by atoms with Crippen LogP contribution in [0.5, 0.6) is 0 Å². The van der Waals surface area contributed by atoms with E-state index in [4.69, 9.17) is 4.74 Å². The molecule has 0 saturated carbocycles. The lowest BCUT2D eigenvalue weighted by Gasteiger charge is -2.26. The first-order valence-corrected chi connectivity index (χ1v) is 10.8. The summed E-state index contributed by atoms with van der Waals surface area (Å²) in [6, 6.07) is 11.2. The van der Waals surface area contributed by atoms with Crippen LogP contribution in [0, 0.1) is 5.82 Å². The molecule has 33 heavy (non-hydrogen) atoms. The lowest BCUT2D eigenvalue weighted by atomic mass is 9.90. The number of aliphatic hydroxyl groups excluding tert-OH is 1. The number of fused-ring (bicyclic) bond motifs is 1. The number of carbonyl (C=O) groups excluding carboxylic acids is 2. The summed E-state index contributed by atoms with van der Waals surface area (Å²) in [6.07, 6.45) is 1.42. The van der Waals surface area contributed by atoms with E-state index >= 15 is 0 Å². The molecule has 2 aliphatic rings. The number of ether oxygens (including phenoxy) is 2. The Bertz CT molecular complexity index is 1100. The highest BCUT2D eigenvalue weighted by Gasteiger charge is 2.44. The Morgan fingerprint density at radius 1 is 1.27 bits per heavy atom. The van der Waals surface area contributed by atoms with Gasteiger partial charge in [0.2, 0.25) is 5.91 Å². The summed E-state index contributed by atoms with van der Waals surface area (Å²) < 4.78 is 24.8. The highest BCUT2D eigenvalue weighted by atomic mass is 19.1. The molecule has 3 atom stereocenters. The van der Waals surface area contributed by atoms with E-state index in [1.165, 1.54) is 19.2 Å². The molecule has 0 bridgehead atoms. The molecular formula is C25H27FN2O5. The summed E-state index contributed by atoms with van der Waals surface area (Å²) in [5.74, 6) is -1.74. The average molecular weight is 454 g/mol. The standard InChI is InChI=1S/C25H27FN2O5/c1-25(2)18(15-6-4-14(5-7-15)12-27-20(13-29)24(31)32-3)11-21(33-25)22-17-10-16(26)8-9-19(17)28-23(22)30/h4-11,20-22,27,29H,12-13H2,1-3H3,(H,28,30)/t20-,21?,22?/m1/s1. The number of hydrogen-bond donors (Lipinski definition) is 3. The van der Waals surface area contributed by atoms with Crippen molar-refractivity contribution in [1.29, 1.82) is 0 Å². The van der Waals surface area contributed by atoms with Gasteiger partial charge in [-0.3, -0.25) is 14.9 Å². The van der Waals surface area contributed by atoms with Crippen LogP contribution in [-0.2, 0) is 25.6 Å². The van der Waals surface area contributed by atoms with E-state index in [0.717, 1.165) is 16.7 Å². The Kier molecular flexibility index (Phi) is 6.34. The van der Waals surface area contributed by atoms with Crippen molar-refractivity contribution in [2.24, 2.45) is 0 Å². The predicted octanol–water partition coefficient (Wildman–Crippen LogP) is 2.75. The number of benzene rings is 2. The first-order valence-electron chi connectivity index (χ1n) is 10.8. The maximum Gasteiger partial charge on any atom is 0.325 e. The third-order valence-corrected chi connectivity index (χ3v) is 6.11. The van der Waals surface area contributed by atoms with Crippen LogP contribution in [0.4, 0.5) is 10.1 Å². The molecule has 8 heteroatoms. The van der Waals surface area contributed by atoms with Crippen molar-refractivity contribution in [3.63, 3.8) is 0 Å². The normalized spacial score (nSPS) is 21.8. The second kappa shape index (κ2) is 9.05. The number of hydrogen-bond acceptors (Lipinski definition) is 6. The molecule has 0 saturated heterocycles. The van der Waals surface area contributed by atoms with Crippen molar-refractivity contribution in [2.45, 2.75) is 44.1 Å². The number of nitrogens with one attached hydrogen (secondary N) is 2. The van der Waals surface area contributed by atoms with E-state index in [1.54, 1.807) is 6.07 Å². The molecule has 174 valence electrons. The number of rotatable bonds is 7. The first kappa shape index (κ1) is 23.1. The zero-order valence-corrected chi connectivity index (χ0v) is 18.7. The van der Waals surface area contributed by atoms with E-state index in [9.17, 15) is 19.1 Å². The van der Waals surface area contributed by atoms with Crippen LogP contribution in [0.1, 0.15) is 36.5 Å². The van der Waals surface area contributed by atoms with Crippen LogP contribution >= 0.6 is 0 Å². The van der Waals surface area contributed by atoms with Crippen molar-refractivity contribution in [1.82, 2.24) is 5.32 Å². The number of carbonyl (C=O) groups is 2. The highest BCUT2D eigenvalue weighted by Crippen LogP contribution is 2.45. The highest BCUT2D eigenvalue weighted by molar-refractivity contribution is 6.03. The van der Waals surface area contributed by atoms with E-state index in [2.05, 4.69) is 15.4 Å². The zero-order valence-electron chi connectivity index (χ0n) is 18.7. The van der Waals surface area contributed by atoms with Crippen molar-refractivity contribution >= 4 is 23.1 Å². The largest absolute Gasteiger partial charge is 0.468 e. The van der Waals surface area contributed by atoms with Gasteiger partial charge in [0.25, 0.3) is 0 Å². The van der Waals surface area contributed by atoms with Gasteiger partial charge in [0.15, 0.2) is 0 Å². The lowest BCUT2D eigenvalue weighted by molar-refractivity contribution is -0.144. The monoisotopic (exact) mass is 454 g/mol. The molecule has 2 heterocycles. The molecule has 0 fully saturated rings. The minimum Gasteiger partial charge on any atom is -0.468 e. The molecule has 2 aromatic rings. The van der Waals surface area contributed by atoms with E-state index in [-0.39, 0.29) is 12.5 Å². The Morgan fingerprint density at radius 2 is 2.00 bits per heavy atom. The number of halogens is 1. The molecule has 0 aromatic heterocycles. The van der Waals surface area contributed by atoms with Gasteiger partial charge in [-0.05, 0) is 60.4 Å². The number of anilines is 1. The molecule has 2 unspecified atom stereocenters. The van der Waals surface area contributed by atoms with Crippen molar-refractivity contribution < 1.29 is 28.6 Å². The van der Waals surface area contributed by atoms with Crippen LogP contribution in [0.2, 0.25) is 0 Å². The van der Waals surface area contributed by atoms with Gasteiger partial charge < -0.3 is 19.9 Å². The second-order valence-corrected chi connectivity index (χ2v) is 8.71. The van der Waals surface area contributed by atoms with Gasteiger partial charge in [0.1, 0.15) is 11.9 Å². The van der Waals surface area contributed by atoms with Crippen LogP contribution < -0.4 is 10.6 Å².